The maximum Gasteiger partial charge on any atom is 0.176 e. The molecule has 0 aliphatic rings. The Morgan fingerprint density at radius 2 is 1.66 bits per heavy atom. The third-order valence-corrected chi connectivity index (χ3v) is 5.27. The molecule has 0 saturated heterocycles. The Labute approximate surface area is 175 Å². The lowest BCUT2D eigenvalue weighted by atomic mass is 10.0. The van der Waals surface area contributed by atoms with Crippen molar-refractivity contribution in [2.45, 2.75) is 6.92 Å². The van der Waals surface area contributed by atoms with E-state index in [2.05, 4.69) is 13.0 Å². The van der Waals surface area contributed by atoms with Crippen molar-refractivity contribution in [3.63, 3.8) is 0 Å². The number of benzene rings is 3. The number of hydrogen-bond donors (Lipinski definition) is 0. The van der Waals surface area contributed by atoms with Crippen molar-refractivity contribution >= 4 is 33.7 Å². The molecule has 0 spiro atoms. The Morgan fingerprint density at radius 3 is 2.31 bits per heavy atom. The van der Waals surface area contributed by atoms with E-state index in [0.717, 1.165) is 44.7 Å². The van der Waals surface area contributed by atoms with Crippen LogP contribution in [-0.2, 0) is 0 Å². The summed E-state index contributed by atoms with van der Waals surface area (Å²) in [6, 6.07) is 21.7. The van der Waals surface area contributed by atoms with Crippen molar-refractivity contribution < 1.29 is 13.9 Å². The van der Waals surface area contributed by atoms with Crippen LogP contribution in [0.4, 0.5) is 0 Å². The molecular weight excluding hydrogens is 384 g/mol. The summed E-state index contributed by atoms with van der Waals surface area (Å²) >= 11 is 6.58. The van der Waals surface area contributed by atoms with Crippen LogP contribution in [0.15, 0.2) is 71.1 Å². The van der Waals surface area contributed by atoms with Gasteiger partial charge in [-0.15, -0.1) is 0 Å². The predicted octanol–water partition coefficient (Wildman–Crippen LogP) is 7.16. The lowest BCUT2D eigenvalue weighted by Crippen LogP contribution is -1.86. The van der Waals surface area contributed by atoms with Gasteiger partial charge in [0.05, 0.1) is 14.2 Å². The number of furan rings is 1. The molecule has 0 aliphatic heterocycles. The van der Waals surface area contributed by atoms with E-state index in [1.54, 1.807) is 14.2 Å². The summed E-state index contributed by atoms with van der Waals surface area (Å²) in [5.41, 5.74) is 4.71. The number of ether oxygens (including phenoxy) is 2. The third kappa shape index (κ3) is 3.74. The van der Waals surface area contributed by atoms with Gasteiger partial charge in [-0.2, -0.15) is 0 Å². The molecule has 0 N–H and O–H groups in total. The summed E-state index contributed by atoms with van der Waals surface area (Å²) in [6.07, 6.45) is 1.93. The van der Waals surface area contributed by atoms with Crippen molar-refractivity contribution in [1.29, 1.82) is 0 Å². The van der Waals surface area contributed by atoms with Crippen molar-refractivity contribution in [3.8, 4) is 22.8 Å². The van der Waals surface area contributed by atoms with Crippen LogP contribution >= 0.6 is 11.6 Å². The minimum atomic E-state index is 0.637. The molecule has 0 fully saturated rings. The van der Waals surface area contributed by atoms with Gasteiger partial charge in [-0.25, -0.2) is 0 Å². The molecule has 3 nitrogen and oxygen atoms in total. The summed E-state index contributed by atoms with van der Waals surface area (Å²) in [5, 5.41) is 1.65. The number of fused-ring (bicyclic) bond motifs is 1. The molecule has 29 heavy (non-hydrogen) atoms. The summed E-state index contributed by atoms with van der Waals surface area (Å²) in [6.45, 7) is 2.06. The molecular formula is C25H21ClO3. The van der Waals surface area contributed by atoms with Crippen LogP contribution in [0.2, 0.25) is 0 Å². The van der Waals surface area contributed by atoms with Crippen LogP contribution in [-0.4, -0.2) is 14.2 Å². The zero-order valence-electron chi connectivity index (χ0n) is 16.5. The van der Waals surface area contributed by atoms with Crippen LogP contribution in [0.1, 0.15) is 16.7 Å². The number of hydrogen-bond acceptors (Lipinski definition) is 3. The Kier molecular flexibility index (Phi) is 5.32. The van der Waals surface area contributed by atoms with Gasteiger partial charge in [0.25, 0.3) is 0 Å². The van der Waals surface area contributed by atoms with Gasteiger partial charge >= 0.3 is 0 Å². The maximum absolute atomic E-state index is 6.58. The molecule has 146 valence electrons. The average molecular weight is 405 g/mol. The second kappa shape index (κ2) is 8.06. The van der Waals surface area contributed by atoms with E-state index < -0.39 is 0 Å². The Morgan fingerprint density at radius 1 is 0.931 bits per heavy atom. The smallest absolute Gasteiger partial charge is 0.176 e. The quantitative estimate of drug-likeness (QED) is 0.330. The lowest BCUT2D eigenvalue weighted by molar-refractivity contribution is 0.411. The fraction of sp³-hybridized carbons (Fsp3) is 0.120. The largest absolute Gasteiger partial charge is 0.497 e. The second-order valence-electron chi connectivity index (χ2n) is 6.74. The second-order valence-corrected chi connectivity index (χ2v) is 7.15. The highest BCUT2D eigenvalue weighted by Crippen LogP contribution is 2.39. The van der Waals surface area contributed by atoms with Gasteiger partial charge in [-0.3, -0.25) is 0 Å². The highest BCUT2D eigenvalue weighted by molar-refractivity contribution is 6.51. The SMILES string of the molecule is COc1ccc(/C(Cl)=C\c2cc(OC)c3oc(-c4ccccc4)c(C)c3c2)cc1. The average Bonchev–Trinajstić information content (AvgIpc) is 3.10. The molecule has 4 aromatic rings. The van der Waals surface area contributed by atoms with Gasteiger partial charge in [-0.05, 0) is 60.5 Å². The number of methoxy groups -OCH3 is 2. The maximum atomic E-state index is 6.58. The van der Waals surface area contributed by atoms with E-state index in [-0.39, 0.29) is 0 Å². The zero-order chi connectivity index (χ0) is 20.4. The van der Waals surface area contributed by atoms with E-state index in [1.807, 2.05) is 66.7 Å². The topological polar surface area (TPSA) is 31.6 Å². The van der Waals surface area contributed by atoms with E-state index >= 15 is 0 Å². The first-order valence-electron chi connectivity index (χ1n) is 9.29. The molecule has 0 aliphatic carbocycles. The van der Waals surface area contributed by atoms with Crippen molar-refractivity contribution in [1.82, 2.24) is 0 Å². The van der Waals surface area contributed by atoms with Crippen LogP contribution in [0.3, 0.4) is 0 Å². The Hall–Kier alpha value is -3.17. The highest BCUT2D eigenvalue weighted by atomic mass is 35.5. The monoisotopic (exact) mass is 404 g/mol. The molecule has 4 heteroatoms. The summed E-state index contributed by atoms with van der Waals surface area (Å²) < 4.78 is 17.0. The van der Waals surface area contributed by atoms with E-state index in [9.17, 15) is 0 Å². The molecule has 3 aromatic carbocycles. The molecule has 0 unspecified atom stereocenters. The van der Waals surface area contributed by atoms with Crippen LogP contribution in [0.25, 0.3) is 33.4 Å². The van der Waals surface area contributed by atoms with E-state index in [1.165, 1.54) is 0 Å². The Bertz CT molecular complexity index is 1170. The fourth-order valence-electron chi connectivity index (χ4n) is 3.39. The Balaban J connectivity index is 1.80. The minimum Gasteiger partial charge on any atom is -0.497 e. The first kappa shape index (κ1) is 19.2. The predicted molar refractivity (Wildman–Crippen MR) is 120 cm³/mol. The van der Waals surface area contributed by atoms with Crippen molar-refractivity contribution in [2.75, 3.05) is 14.2 Å². The summed E-state index contributed by atoms with van der Waals surface area (Å²) in [7, 11) is 3.29. The fourth-order valence-corrected chi connectivity index (χ4v) is 3.64. The normalized spacial score (nSPS) is 11.7. The van der Waals surface area contributed by atoms with E-state index in [0.29, 0.717) is 10.8 Å². The molecule has 0 bridgehead atoms. The van der Waals surface area contributed by atoms with Crippen LogP contribution in [0.5, 0.6) is 11.5 Å². The van der Waals surface area contributed by atoms with Gasteiger partial charge in [-0.1, -0.05) is 41.9 Å². The zero-order valence-corrected chi connectivity index (χ0v) is 17.3. The van der Waals surface area contributed by atoms with E-state index in [4.69, 9.17) is 25.5 Å². The molecule has 4 rings (SSSR count). The summed E-state index contributed by atoms with van der Waals surface area (Å²) in [4.78, 5) is 0. The highest BCUT2D eigenvalue weighted by Gasteiger charge is 2.16. The van der Waals surface area contributed by atoms with Crippen molar-refractivity contribution in [3.05, 3.63) is 83.4 Å². The lowest BCUT2D eigenvalue weighted by Gasteiger charge is -2.05. The van der Waals surface area contributed by atoms with Gasteiger partial charge in [0.1, 0.15) is 11.5 Å². The first-order valence-corrected chi connectivity index (χ1v) is 9.66. The molecule has 0 radical (unpaired) electrons. The molecule has 1 aromatic heterocycles. The third-order valence-electron chi connectivity index (χ3n) is 4.94. The molecule has 0 atom stereocenters. The van der Waals surface area contributed by atoms with Gasteiger partial charge in [0.15, 0.2) is 11.3 Å². The van der Waals surface area contributed by atoms with Gasteiger partial charge < -0.3 is 13.9 Å². The first-order chi connectivity index (χ1) is 14.1. The summed E-state index contributed by atoms with van der Waals surface area (Å²) in [5.74, 6) is 2.32. The number of rotatable bonds is 5. The molecule has 0 saturated carbocycles. The molecule has 1 heterocycles. The van der Waals surface area contributed by atoms with Crippen LogP contribution < -0.4 is 9.47 Å². The van der Waals surface area contributed by atoms with Gasteiger partial charge in [0.2, 0.25) is 0 Å². The number of aryl methyl sites for hydroxylation is 1. The van der Waals surface area contributed by atoms with Crippen LogP contribution in [0, 0.1) is 6.92 Å². The number of halogens is 1. The minimum absolute atomic E-state index is 0.637. The molecule has 0 amide bonds. The van der Waals surface area contributed by atoms with Crippen molar-refractivity contribution in [2.24, 2.45) is 0 Å². The standard InChI is InChI=1S/C25H21ClO3/c1-16-21-13-17(14-22(26)18-9-11-20(27-2)12-10-18)15-23(28-3)25(21)29-24(16)19-7-5-4-6-8-19/h4-15H,1-3H3/b22-14+. The van der Waals surface area contributed by atoms with Gasteiger partial charge in [0, 0.05) is 21.5 Å².